The molecule has 59 valence electrons. The molecule has 0 heterocycles. The van der Waals surface area contributed by atoms with Crippen molar-refractivity contribution >= 4 is 0 Å². The lowest BCUT2D eigenvalue weighted by atomic mass is 10.1. The number of benzene rings is 1. The summed E-state index contributed by atoms with van der Waals surface area (Å²) in [6.45, 7) is 0.636. The molecular formula is C9H11FN. The Bertz CT molecular complexity index is 205. The summed E-state index contributed by atoms with van der Waals surface area (Å²) < 4.78 is 12.4. The van der Waals surface area contributed by atoms with Gasteiger partial charge in [0.2, 0.25) is 0 Å². The lowest BCUT2D eigenvalue weighted by Gasteiger charge is -1.97. The van der Waals surface area contributed by atoms with Crippen LogP contribution in [0.1, 0.15) is 12.0 Å². The van der Waals surface area contributed by atoms with Crippen LogP contribution in [-0.4, -0.2) is 6.54 Å². The predicted octanol–water partition coefficient (Wildman–Crippen LogP) is 1.73. The lowest BCUT2D eigenvalue weighted by molar-refractivity contribution is 0.627. The first-order valence-electron chi connectivity index (χ1n) is 3.62. The van der Waals surface area contributed by atoms with Crippen molar-refractivity contribution in [2.75, 3.05) is 6.54 Å². The van der Waals surface area contributed by atoms with Crippen LogP contribution in [0.25, 0.3) is 0 Å². The smallest absolute Gasteiger partial charge is 0.123 e. The molecule has 0 fully saturated rings. The highest BCUT2D eigenvalue weighted by atomic mass is 19.1. The maximum atomic E-state index is 12.4. The normalized spacial score (nSPS) is 10.0. The quantitative estimate of drug-likeness (QED) is 0.701. The minimum absolute atomic E-state index is 0.199. The van der Waals surface area contributed by atoms with Crippen LogP contribution in [0, 0.1) is 12.2 Å². The van der Waals surface area contributed by atoms with Crippen LogP contribution >= 0.6 is 0 Å². The standard InChI is InChI=1S/C9H11FN/c10-9-5-3-8(4-6-9)2-1-7-11/h2-6H,1,7,11H2. The largest absolute Gasteiger partial charge is 0.330 e. The molecule has 0 saturated heterocycles. The van der Waals surface area contributed by atoms with Gasteiger partial charge in [-0.15, -0.1) is 0 Å². The summed E-state index contributed by atoms with van der Waals surface area (Å²) in [5.74, 6) is -0.199. The highest BCUT2D eigenvalue weighted by molar-refractivity contribution is 5.22. The summed E-state index contributed by atoms with van der Waals surface area (Å²) in [6, 6.07) is 6.38. The number of nitrogens with two attached hydrogens (primary N) is 1. The fraction of sp³-hybridized carbons (Fsp3) is 0.222. The Kier molecular flexibility index (Phi) is 3.05. The Morgan fingerprint density at radius 2 is 1.91 bits per heavy atom. The van der Waals surface area contributed by atoms with Gasteiger partial charge in [-0.2, -0.15) is 0 Å². The van der Waals surface area contributed by atoms with Crippen LogP contribution in [0.5, 0.6) is 0 Å². The fourth-order valence-electron chi connectivity index (χ4n) is 0.849. The maximum Gasteiger partial charge on any atom is 0.123 e. The molecule has 0 aromatic heterocycles. The Balaban J connectivity index is 2.52. The summed E-state index contributed by atoms with van der Waals surface area (Å²) in [4.78, 5) is 0. The van der Waals surface area contributed by atoms with Gasteiger partial charge >= 0.3 is 0 Å². The summed E-state index contributed by atoms with van der Waals surface area (Å²) in [5, 5.41) is 0. The van der Waals surface area contributed by atoms with E-state index in [2.05, 4.69) is 0 Å². The molecule has 2 heteroatoms. The predicted molar refractivity (Wildman–Crippen MR) is 43.5 cm³/mol. The summed E-state index contributed by atoms with van der Waals surface area (Å²) >= 11 is 0. The first kappa shape index (κ1) is 8.21. The minimum Gasteiger partial charge on any atom is -0.330 e. The lowest BCUT2D eigenvalue weighted by Crippen LogP contribution is -1.98. The average Bonchev–Trinajstić information content (AvgIpc) is 2.04. The van der Waals surface area contributed by atoms with Gasteiger partial charge in [-0.3, -0.25) is 0 Å². The third-order valence-corrected chi connectivity index (χ3v) is 1.42. The van der Waals surface area contributed by atoms with Crippen molar-refractivity contribution in [1.29, 1.82) is 0 Å². The van der Waals surface area contributed by atoms with E-state index in [1.54, 1.807) is 12.1 Å². The SMILES string of the molecule is NCC[CH]c1ccc(F)cc1. The van der Waals surface area contributed by atoms with Gasteiger partial charge in [-0.05, 0) is 37.1 Å². The van der Waals surface area contributed by atoms with E-state index >= 15 is 0 Å². The Hall–Kier alpha value is -0.890. The van der Waals surface area contributed by atoms with Crippen LogP contribution < -0.4 is 5.73 Å². The van der Waals surface area contributed by atoms with Gasteiger partial charge in [0, 0.05) is 0 Å². The van der Waals surface area contributed by atoms with Gasteiger partial charge in [-0.25, -0.2) is 4.39 Å². The van der Waals surface area contributed by atoms with E-state index in [9.17, 15) is 4.39 Å². The molecule has 0 aliphatic rings. The molecule has 1 radical (unpaired) electrons. The zero-order chi connectivity index (χ0) is 8.10. The number of rotatable bonds is 3. The van der Waals surface area contributed by atoms with Crippen LogP contribution in [0.15, 0.2) is 24.3 Å². The van der Waals surface area contributed by atoms with Gasteiger partial charge in [-0.1, -0.05) is 12.1 Å². The molecule has 0 amide bonds. The molecule has 0 unspecified atom stereocenters. The number of hydrogen-bond acceptors (Lipinski definition) is 1. The number of hydrogen-bond donors (Lipinski definition) is 1. The fourth-order valence-corrected chi connectivity index (χ4v) is 0.849. The summed E-state index contributed by atoms with van der Waals surface area (Å²) in [5.41, 5.74) is 6.33. The van der Waals surface area contributed by atoms with Crippen molar-refractivity contribution in [3.8, 4) is 0 Å². The Morgan fingerprint density at radius 3 is 2.45 bits per heavy atom. The van der Waals surface area contributed by atoms with Crippen molar-refractivity contribution in [3.05, 3.63) is 42.1 Å². The second-order valence-electron chi connectivity index (χ2n) is 2.33. The molecule has 0 spiro atoms. The molecule has 0 aliphatic heterocycles. The second-order valence-corrected chi connectivity index (χ2v) is 2.33. The van der Waals surface area contributed by atoms with E-state index in [1.807, 2.05) is 6.42 Å². The van der Waals surface area contributed by atoms with Gasteiger partial charge in [0.25, 0.3) is 0 Å². The zero-order valence-corrected chi connectivity index (χ0v) is 6.26. The monoisotopic (exact) mass is 152 g/mol. The Labute approximate surface area is 66.0 Å². The molecule has 0 aliphatic carbocycles. The molecule has 0 saturated carbocycles. The van der Waals surface area contributed by atoms with Crippen LogP contribution in [-0.2, 0) is 0 Å². The van der Waals surface area contributed by atoms with Gasteiger partial charge in [0.15, 0.2) is 0 Å². The van der Waals surface area contributed by atoms with E-state index in [0.717, 1.165) is 12.0 Å². The van der Waals surface area contributed by atoms with Crippen molar-refractivity contribution < 1.29 is 4.39 Å². The minimum atomic E-state index is -0.199. The molecule has 1 aromatic rings. The highest BCUT2D eigenvalue weighted by Gasteiger charge is 1.92. The zero-order valence-electron chi connectivity index (χ0n) is 6.26. The van der Waals surface area contributed by atoms with Gasteiger partial charge in [0.05, 0.1) is 0 Å². The average molecular weight is 152 g/mol. The summed E-state index contributed by atoms with van der Waals surface area (Å²) in [7, 11) is 0. The molecule has 1 rings (SSSR count). The first-order chi connectivity index (χ1) is 5.33. The van der Waals surface area contributed by atoms with Crippen molar-refractivity contribution in [1.82, 2.24) is 0 Å². The highest BCUT2D eigenvalue weighted by Crippen LogP contribution is 2.06. The maximum absolute atomic E-state index is 12.4. The van der Waals surface area contributed by atoms with E-state index in [4.69, 9.17) is 5.73 Å². The topological polar surface area (TPSA) is 26.0 Å². The van der Waals surface area contributed by atoms with Crippen molar-refractivity contribution in [2.24, 2.45) is 5.73 Å². The van der Waals surface area contributed by atoms with E-state index in [-0.39, 0.29) is 5.82 Å². The molecule has 0 atom stereocenters. The molecule has 0 bridgehead atoms. The van der Waals surface area contributed by atoms with E-state index in [0.29, 0.717) is 6.54 Å². The molecular weight excluding hydrogens is 141 g/mol. The molecule has 1 nitrogen and oxygen atoms in total. The van der Waals surface area contributed by atoms with Crippen LogP contribution in [0.3, 0.4) is 0 Å². The van der Waals surface area contributed by atoms with Gasteiger partial charge < -0.3 is 5.73 Å². The Morgan fingerprint density at radius 1 is 1.27 bits per heavy atom. The molecule has 2 N–H and O–H groups in total. The first-order valence-corrected chi connectivity index (χ1v) is 3.62. The van der Waals surface area contributed by atoms with Crippen molar-refractivity contribution in [3.63, 3.8) is 0 Å². The third-order valence-electron chi connectivity index (χ3n) is 1.42. The van der Waals surface area contributed by atoms with Crippen molar-refractivity contribution in [2.45, 2.75) is 6.42 Å². The molecule has 1 aromatic carbocycles. The van der Waals surface area contributed by atoms with Crippen LogP contribution in [0.2, 0.25) is 0 Å². The van der Waals surface area contributed by atoms with Gasteiger partial charge in [0.1, 0.15) is 5.82 Å². The number of halogens is 1. The third kappa shape index (κ3) is 2.68. The van der Waals surface area contributed by atoms with E-state index in [1.165, 1.54) is 12.1 Å². The second kappa shape index (κ2) is 4.09. The summed E-state index contributed by atoms with van der Waals surface area (Å²) in [6.07, 6.45) is 2.82. The van der Waals surface area contributed by atoms with Crippen LogP contribution in [0.4, 0.5) is 4.39 Å². The molecule has 11 heavy (non-hydrogen) atoms. The van der Waals surface area contributed by atoms with E-state index < -0.39 is 0 Å².